The number of benzene rings is 1. The highest BCUT2D eigenvalue weighted by Crippen LogP contribution is 2.14. The third-order valence-electron chi connectivity index (χ3n) is 4.17. The predicted octanol–water partition coefficient (Wildman–Crippen LogP) is 2.56. The van der Waals surface area contributed by atoms with Gasteiger partial charge in [-0.2, -0.15) is 0 Å². The van der Waals surface area contributed by atoms with Gasteiger partial charge in [0, 0.05) is 19.1 Å². The Kier molecular flexibility index (Phi) is 5.77. The summed E-state index contributed by atoms with van der Waals surface area (Å²) in [6, 6.07) is 6.24. The minimum absolute atomic E-state index is 0.0166. The van der Waals surface area contributed by atoms with Crippen LogP contribution in [0.5, 0.6) is 0 Å². The van der Waals surface area contributed by atoms with Crippen LogP contribution in [-0.2, 0) is 6.42 Å². The van der Waals surface area contributed by atoms with Crippen molar-refractivity contribution in [2.75, 3.05) is 13.1 Å². The molecule has 2 rings (SSSR count). The van der Waals surface area contributed by atoms with Crippen LogP contribution in [0.3, 0.4) is 0 Å². The van der Waals surface area contributed by atoms with E-state index in [0.717, 1.165) is 18.4 Å². The molecule has 4 nitrogen and oxygen atoms in total. The minimum atomic E-state index is -0.422. The van der Waals surface area contributed by atoms with Gasteiger partial charge in [0.1, 0.15) is 5.82 Å². The Hall–Kier alpha value is -1.62. The normalized spacial score (nSPS) is 20.0. The molecule has 1 aromatic carbocycles. The second-order valence-corrected chi connectivity index (χ2v) is 6.37. The molecule has 1 fully saturated rings. The number of aliphatic hydroxyl groups excluding tert-OH is 1. The van der Waals surface area contributed by atoms with Gasteiger partial charge in [-0.3, -0.25) is 0 Å². The second kappa shape index (κ2) is 7.58. The molecule has 1 aliphatic heterocycles. The van der Waals surface area contributed by atoms with Crippen molar-refractivity contribution in [2.45, 2.75) is 45.3 Å². The summed E-state index contributed by atoms with van der Waals surface area (Å²) in [6.45, 7) is 5.19. The smallest absolute Gasteiger partial charge is 0.317 e. The molecule has 1 saturated heterocycles. The fraction of sp³-hybridized carbons (Fsp3) is 0.588. The molecule has 1 aromatic rings. The van der Waals surface area contributed by atoms with E-state index in [4.69, 9.17) is 0 Å². The molecular formula is C17H25FN2O2. The van der Waals surface area contributed by atoms with E-state index in [1.165, 1.54) is 12.1 Å². The van der Waals surface area contributed by atoms with Crippen LogP contribution in [0.4, 0.5) is 9.18 Å². The van der Waals surface area contributed by atoms with Gasteiger partial charge in [-0.25, -0.2) is 9.18 Å². The number of carbonyl (C=O) groups excluding carboxylic acids is 1. The largest absolute Gasteiger partial charge is 0.391 e. The van der Waals surface area contributed by atoms with Crippen LogP contribution in [-0.4, -0.2) is 41.3 Å². The number of urea groups is 1. The van der Waals surface area contributed by atoms with Crippen molar-refractivity contribution in [3.8, 4) is 0 Å². The third kappa shape index (κ3) is 4.70. The van der Waals surface area contributed by atoms with Crippen LogP contribution in [0.1, 0.15) is 32.3 Å². The molecule has 0 spiro atoms. The van der Waals surface area contributed by atoms with Gasteiger partial charge < -0.3 is 15.3 Å². The maximum atomic E-state index is 13.0. The number of hydrogen-bond donors (Lipinski definition) is 2. The van der Waals surface area contributed by atoms with E-state index < -0.39 is 6.10 Å². The van der Waals surface area contributed by atoms with E-state index in [-0.39, 0.29) is 23.8 Å². The van der Waals surface area contributed by atoms with Gasteiger partial charge in [0.25, 0.3) is 0 Å². The average molecular weight is 308 g/mol. The number of rotatable bonds is 4. The first-order valence-corrected chi connectivity index (χ1v) is 7.93. The molecule has 1 heterocycles. The van der Waals surface area contributed by atoms with Gasteiger partial charge in [0.05, 0.1) is 6.10 Å². The highest BCUT2D eigenvalue weighted by atomic mass is 19.1. The lowest BCUT2D eigenvalue weighted by molar-refractivity contribution is 0.0826. The standard InChI is InChI=1S/C17H25FN2O2/c1-12(2)16(10-13-5-7-14(18)8-6-13)19-17(22)20-9-3-4-15(21)11-20/h5-8,12,15-16,21H,3-4,9-11H2,1-2H3,(H,19,22)/t15-,16-/m0/s1. The molecule has 0 aromatic heterocycles. The summed E-state index contributed by atoms with van der Waals surface area (Å²) in [5.74, 6) is 0.0138. The predicted molar refractivity (Wildman–Crippen MR) is 84.1 cm³/mol. The van der Waals surface area contributed by atoms with Crippen molar-refractivity contribution in [3.63, 3.8) is 0 Å². The maximum Gasteiger partial charge on any atom is 0.317 e. The molecule has 2 atom stereocenters. The van der Waals surface area contributed by atoms with Crippen molar-refractivity contribution >= 4 is 6.03 Å². The Morgan fingerprint density at radius 2 is 2.09 bits per heavy atom. The zero-order chi connectivity index (χ0) is 16.1. The minimum Gasteiger partial charge on any atom is -0.391 e. The molecule has 2 amide bonds. The maximum absolute atomic E-state index is 13.0. The molecule has 0 bridgehead atoms. The monoisotopic (exact) mass is 308 g/mol. The molecular weight excluding hydrogens is 283 g/mol. The summed E-state index contributed by atoms with van der Waals surface area (Å²) in [5.41, 5.74) is 0.999. The van der Waals surface area contributed by atoms with Crippen LogP contribution < -0.4 is 5.32 Å². The molecule has 5 heteroatoms. The number of β-amino-alcohol motifs (C(OH)–C–C–N with tert-alkyl or cyclic N) is 1. The molecule has 0 saturated carbocycles. The van der Waals surface area contributed by atoms with Crippen molar-refractivity contribution in [2.24, 2.45) is 5.92 Å². The summed E-state index contributed by atoms with van der Waals surface area (Å²) < 4.78 is 13.0. The number of amides is 2. The number of likely N-dealkylation sites (tertiary alicyclic amines) is 1. The number of hydrogen-bond acceptors (Lipinski definition) is 2. The number of carbonyl (C=O) groups is 1. The summed E-state index contributed by atoms with van der Waals surface area (Å²) in [4.78, 5) is 14.0. The average Bonchev–Trinajstić information content (AvgIpc) is 2.48. The zero-order valence-corrected chi connectivity index (χ0v) is 13.3. The van der Waals surface area contributed by atoms with E-state index >= 15 is 0 Å². The first-order valence-electron chi connectivity index (χ1n) is 7.93. The van der Waals surface area contributed by atoms with Crippen LogP contribution >= 0.6 is 0 Å². The molecule has 0 unspecified atom stereocenters. The van der Waals surface area contributed by atoms with Crippen molar-refractivity contribution in [1.82, 2.24) is 10.2 Å². The molecule has 22 heavy (non-hydrogen) atoms. The van der Waals surface area contributed by atoms with Crippen LogP contribution in [0.2, 0.25) is 0 Å². The molecule has 0 radical (unpaired) electrons. The molecule has 1 aliphatic rings. The number of aliphatic hydroxyl groups is 1. The summed E-state index contributed by atoms with van der Waals surface area (Å²) in [6.07, 6.45) is 1.83. The number of piperidine rings is 1. The van der Waals surface area contributed by atoms with Crippen molar-refractivity contribution in [3.05, 3.63) is 35.6 Å². The molecule has 2 N–H and O–H groups in total. The topological polar surface area (TPSA) is 52.6 Å². The van der Waals surface area contributed by atoms with E-state index in [9.17, 15) is 14.3 Å². The SMILES string of the molecule is CC(C)[C@H](Cc1ccc(F)cc1)NC(=O)N1CCC[C@H](O)C1. The van der Waals surface area contributed by atoms with Gasteiger partial charge in [0.2, 0.25) is 0 Å². The van der Waals surface area contributed by atoms with Crippen LogP contribution in [0, 0.1) is 11.7 Å². The van der Waals surface area contributed by atoms with Gasteiger partial charge in [-0.1, -0.05) is 26.0 Å². The fourth-order valence-corrected chi connectivity index (χ4v) is 2.72. The van der Waals surface area contributed by atoms with Crippen LogP contribution in [0.15, 0.2) is 24.3 Å². The van der Waals surface area contributed by atoms with Crippen LogP contribution in [0.25, 0.3) is 0 Å². The van der Waals surface area contributed by atoms with E-state index in [1.807, 2.05) is 0 Å². The summed E-state index contributed by atoms with van der Waals surface area (Å²) in [7, 11) is 0. The summed E-state index contributed by atoms with van der Waals surface area (Å²) >= 11 is 0. The number of nitrogens with zero attached hydrogens (tertiary/aromatic N) is 1. The van der Waals surface area contributed by atoms with E-state index in [0.29, 0.717) is 19.5 Å². The first-order chi connectivity index (χ1) is 10.5. The lowest BCUT2D eigenvalue weighted by Crippen LogP contribution is -2.51. The molecule has 0 aliphatic carbocycles. The lowest BCUT2D eigenvalue weighted by atomic mass is 9.96. The fourth-order valence-electron chi connectivity index (χ4n) is 2.72. The van der Waals surface area contributed by atoms with Gasteiger partial charge in [-0.05, 0) is 42.9 Å². The van der Waals surface area contributed by atoms with Crippen molar-refractivity contribution in [1.29, 1.82) is 0 Å². The Morgan fingerprint density at radius 1 is 1.41 bits per heavy atom. The van der Waals surface area contributed by atoms with Crippen molar-refractivity contribution < 1.29 is 14.3 Å². The van der Waals surface area contributed by atoms with E-state index in [2.05, 4.69) is 19.2 Å². The Labute approximate surface area is 131 Å². The van der Waals surface area contributed by atoms with Gasteiger partial charge in [-0.15, -0.1) is 0 Å². The van der Waals surface area contributed by atoms with Gasteiger partial charge >= 0.3 is 6.03 Å². The van der Waals surface area contributed by atoms with Gasteiger partial charge in [0.15, 0.2) is 0 Å². The zero-order valence-electron chi connectivity index (χ0n) is 13.3. The Morgan fingerprint density at radius 3 is 2.68 bits per heavy atom. The second-order valence-electron chi connectivity index (χ2n) is 6.37. The first kappa shape index (κ1) is 16.7. The lowest BCUT2D eigenvalue weighted by Gasteiger charge is -2.32. The van der Waals surface area contributed by atoms with E-state index in [1.54, 1.807) is 17.0 Å². The Bertz CT molecular complexity index is 490. The molecule has 122 valence electrons. The quantitative estimate of drug-likeness (QED) is 0.898. The highest BCUT2D eigenvalue weighted by Gasteiger charge is 2.25. The number of halogens is 1. The number of nitrogens with one attached hydrogen (secondary N) is 1. The third-order valence-corrected chi connectivity index (χ3v) is 4.17. The Balaban J connectivity index is 1.96. The summed E-state index contributed by atoms with van der Waals surface area (Å²) in [5, 5.41) is 12.7. The highest BCUT2D eigenvalue weighted by molar-refractivity contribution is 5.74.